The van der Waals surface area contributed by atoms with Crippen molar-refractivity contribution in [2.45, 2.75) is 25.4 Å². The third-order valence-electron chi connectivity index (χ3n) is 3.08. The highest BCUT2D eigenvalue weighted by Gasteiger charge is 2.42. The largest absolute Gasteiger partial charge is 0.441 e. The first-order valence-corrected chi connectivity index (χ1v) is 4.93. The van der Waals surface area contributed by atoms with E-state index in [0.717, 1.165) is 32.5 Å². The molecular weight excluding hydrogens is 168 g/mol. The van der Waals surface area contributed by atoms with Crippen molar-refractivity contribution in [2.24, 2.45) is 0 Å². The van der Waals surface area contributed by atoms with E-state index in [1.165, 1.54) is 0 Å². The summed E-state index contributed by atoms with van der Waals surface area (Å²) in [4.78, 5) is 13.3. The molecule has 0 aromatic carbocycles. The van der Waals surface area contributed by atoms with Gasteiger partial charge in [-0.15, -0.1) is 0 Å². The van der Waals surface area contributed by atoms with Crippen molar-refractivity contribution in [1.82, 2.24) is 10.2 Å². The molecule has 2 heterocycles. The third kappa shape index (κ3) is 1.63. The summed E-state index contributed by atoms with van der Waals surface area (Å²) in [5, 5.41) is 2.73. The fourth-order valence-corrected chi connectivity index (χ4v) is 2.06. The predicted octanol–water partition coefficient (Wildman–Crippen LogP) is 0.581. The van der Waals surface area contributed by atoms with Crippen molar-refractivity contribution in [1.29, 1.82) is 0 Å². The molecule has 2 fully saturated rings. The molecule has 1 amide bonds. The van der Waals surface area contributed by atoms with Gasteiger partial charge in [0.15, 0.2) is 0 Å². The van der Waals surface area contributed by atoms with Gasteiger partial charge in [0.25, 0.3) is 0 Å². The van der Waals surface area contributed by atoms with E-state index in [-0.39, 0.29) is 11.7 Å². The smallest absolute Gasteiger partial charge is 0.407 e. The fourth-order valence-electron chi connectivity index (χ4n) is 2.06. The second kappa shape index (κ2) is 3.18. The van der Waals surface area contributed by atoms with Gasteiger partial charge >= 0.3 is 6.09 Å². The summed E-state index contributed by atoms with van der Waals surface area (Å²) >= 11 is 0. The van der Waals surface area contributed by atoms with Gasteiger partial charge < -0.3 is 15.0 Å². The molecule has 0 aromatic heterocycles. The van der Waals surface area contributed by atoms with Crippen LogP contribution in [0.3, 0.4) is 0 Å². The molecule has 13 heavy (non-hydrogen) atoms. The van der Waals surface area contributed by atoms with Crippen LogP contribution in [0.15, 0.2) is 0 Å². The number of carbonyl (C=O) groups is 1. The van der Waals surface area contributed by atoms with Gasteiger partial charge in [0.05, 0.1) is 6.54 Å². The van der Waals surface area contributed by atoms with E-state index in [1.807, 2.05) is 0 Å². The summed E-state index contributed by atoms with van der Waals surface area (Å²) in [6, 6.07) is 0. The number of nitrogens with zero attached hydrogens (tertiary/aromatic N) is 1. The Morgan fingerprint density at radius 2 is 2.23 bits per heavy atom. The van der Waals surface area contributed by atoms with Gasteiger partial charge in [-0.05, 0) is 6.54 Å². The molecule has 0 bridgehead atoms. The van der Waals surface area contributed by atoms with Crippen LogP contribution in [-0.2, 0) is 4.74 Å². The van der Waals surface area contributed by atoms with Crippen LogP contribution in [0, 0.1) is 0 Å². The highest BCUT2D eigenvalue weighted by Crippen LogP contribution is 2.28. The molecule has 0 unspecified atom stereocenters. The summed E-state index contributed by atoms with van der Waals surface area (Å²) in [6.07, 6.45) is 1.70. The topological polar surface area (TPSA) is 41.6 Å². The fraction of sp³-hybridized carbons (Fsp3) is 0.889. The maximum Gasteiger partial charge on any atom is 0.407 e. The SMILES string of the molecule is CCN1CCC2(CC1)CNC(=O)O2. The summed E-state index contributed by atoms with van der Waals surface area (Å²) in [7, 11) is 0. The van der Waals surface area contributed by atoms with Gasteiger partial charge in [-0.3, -0.25) is 0 Å². The van der Waals surface area contributed by atoms with E-state index in [0.29, 0.717) is 6.54 Å². The Labute approximate surface area is 78.2 Å². The van der Waals surface area contributed by atoms with Gasteiger partial charge in [-0.1, -0.05) is 6.92 Å². The molecule has 1 N–H and O–H groups in total. The Hall–Kier alpha value is -0.770. The Balaban J connectivity index is 1.93. The van der Waals surface area contributed by atoms with Gasteiger partial charge in [-0.2, -0.15) is 0 Å². The molecular formula is C9H16N2O2. The molecule has 2 saturated heterocycles. The average Bonchev–Trinajstić information content (AvgIpc) is 2.49. The van der Waals surface area contributed by atoms with Gasteiger partial charge in [0.1, 0.15) is 5.60 Å². The number of hydrogen-bond donors (Lipinski definition) is 1. The maximum atomic E-state index is 10.9. The molecule has 1 spiro atoms. The van der Waals surface area contributed by atoms with Crippen molar-refractivity contribution in [3.63, 3.8) is 0 Å². The molecule has 4 heteroatoms. The number of hydrogen-bond acceptors (Lipinski definition) is 3. The summed E-state index contributed by atoms with van der Waals surface area (Å²) < 4.78 is 5.31. The minimum absolute atomic E-state index is 0.178. The van der Waals surface area contributed by atoms with Crippen molar-refractivity contribution < 1.29 is 9.53 Å². The number of ether oxygens (including phenoxy) is 1. The van der Waals surface area contributed by atoms with E-state index in [2.05, 4.69) is 17.1 Å². The quantitative estimate of drug-likeness (QED) is 0.648. The number of likely N-dealkylation sites (tertiary alicyclic amines) is 1. The maximum absolute atomic E-state index is 10.9. The first kappa shape index (κ1) is 8.81. The number of carbonyl (C=O) groups excluding carboxylic acids is 1. The number of nitrogens with one attached hydrogen (secondary N) is 1. The van der Waals surface area contributed by atoms with Gasteiger partial charge in [0.2, 0.25) is 0 Å². The summed E-state index contributed by atoms with van der Waals surface area (Å²) in [6.45, 7) is 6.05. The van der Waals surface area contributed by atoms with E-state index in [9.17, 15) is 4.79 Å². The van der Waals surface area contributed by atoms with Crippen LogP contribution in [0.4, 0.5) is 4.79 Å². The minimum Gasteiger partial charge on any atom is -0.441 e. The zero-order chi connectivity index (χ0) is 9.31. The van der Waals surface area contributed by atoms with Crippen LogP contribution in [0.2, 0.25) is 0 Å². The number of piperidine rings is 1. The third-order valence-corrected chi connectivity index (χ3v) is 3.08. The van der Waals surface area contributed by atoms with E-state index in [4.69, 9.17) is 4.74 Å². The number of alkyl carbamates (subject to hydrolysis) is 1. The van der Waals surface area contributed by atoms with Gasteiger partial charge in [0, 0.05) is 25.9 Å². The molecule has 0 atom stereocenters. The second-order valence-electron chi connectivity index (χ2n) is 3.86. The van der Waals surface area contributed by atoms with Crippen LogP contribution >= 0.6 is 0 Å². The minimum atomic E-state index is -0.245. The Bertz CT molecular complexity index is 210. The van der Waals surface area contributed by atoms with Crippen LogP contribution in [0.1, 0.15) is 19.8 Å². The van der Waals surface area contributed by atoms with Gasteiger partial charge in [-0.25, -0.2) is 4.79 Å². The lowest BCUT2D eigenvalue weighted by molar-refractivity contribution is 0.00219. The monoisotopic (exact) mass is 184 g/mol. The van der Waals surface area contributed by atoms with Crippen molar-refractivity contribution in [2.75, 3.05) is 26.2 Å². The average molecular weight is 184 g/mol. The Morgan fingerprint density at radius 3 is 2.69 bits per heavy atom. The summed E-state index contributed by atoms with van der Waals surface area (Å²) in [5.41, 5.74) is -0.178. The van der Waals surface area contributed by atoms with Crippen LogP contribution in [-0.4, -0.2) is 42.8 Å². The predicted molar refractivity (Wildman–Crippen MR) is 48.6 cm³/mol. The van der Waals surface area contributed by atoms with E-state index in [1.54, 1.807) is 0 Å². The highest BCUT2D eigenvalue weighted by molar-refractivity contribution is 5.70. The lowest BCUT2D eigenvalue weighted by Crippen LogP contribution is -2.46. The second-order valence-corrected chi connectivity index (χ2v) is 3.86. The first-order chi connectivity index (χ1) is 6.24. The standard InChI is InChI=1S/C9H16N2O2/c1-2-11-5-3-9(4-6-11)7-10-8(12)13-9/h2-7H2,1H3,(H,10,12). The number of rotatable bonds is 1. The molecule has 74 valence electrons. The molecule has 0 aliphatic carbocycles. The summed E-state index contributed by atoms with van der Waals surface area (Å²) in [5.74, 6) is 0. The van der Waals surface area contributed by atoms with Crippen LogP contribution in [0.25, 0.3) is 0 Å². The molecule has 0 radical (unpaired) electrons. The lowest BCUT2D eigenvalue weighted by atomic mass is 9.92. The Kier molecular flexibility index (Phi) is 2.15. The first-order valence-electron chi connectivity index (χ1n) is 4.93. The van der Waals surface area contributed by atoms with Crippen molar-refractivity contribution in [3.8, 4) is 0 Å². The van der Waals surface area contributed by atoms with Crippen molar-refractivity contribution >= 4 is 6.09 Å². The number of amides is 1. The highest BCUT2D eigenvalue weighted by atomic mass is 16.6. The van der Waals surface area contributed by atoms with Crippen molar-refractivity contribution in [3.05, 3.63) is 0 Å². The van der Waals surface area contributed by atoms with E-state index < -0.39 is 0 Å². The molecule has 2 rings (SSSR count). The molecule has 2 aliphatic rings. The zero-order valence-electron chi connectivity index (χ0n) is 8.01. The van der Waals surface area contributed by atoms with E-state index >= 15 is 0 Å². The molecule has 0 aromatic rings. The normalized spacial score (nSPS) is 27.3. The zero-order valence-corrected chi connectivity index (χ0v) is 8.01. The van der Waals surface area contributed by atoms with Crippen LogP contribution < -0.4 is 5.32 Å². The molecule has 2 aliphatic heterocycles. The molecule has 4 nitrogen and oxygen atoms in total. The lowest BCUT2D eigenvalue weighted by Gasteiger charge is -2.36. The van der Waals surface area contributed by atoms with Crippen LogP contribution in [0.5, 0.6) is 0 Å². The molecule has 0 saturated carbocycles. The Morgan fingerprint density at radius 1 is 1.54 bits per heavy atom.